The molecular weight excluding hydrogens is 404 g/mol. The van der Waals surface area contributed by atoms with Crippen LogP contribution in [-0.4, -0.2) is 35.1 Å². The van der Waals surface area contributed by atoms with Crippen LogP contribution in [0.15, 0.2) is 42.5 Å². The van der Waals surface area contributed by atoms with Gasteiger partial charge in [0.05, 0.1) is 5.75 Å². The molecule has 0 aromatic heterocycles. The second kappa shape index (κ2) is 12.6. The van der Waals surface area contributed by atoms with E-state index < -0.39 is 6.04 Å². The molecule has 0 radical (unpaired) electrons. The van der Waals surface area contributed by atoms with Gasteiger partial charge in [-0.2, -0.15) is 0 Å². The standard InChI is InChI=1S/C26H36N2O2S/c1-6-7-12-27-26(30)22(5)28(16-23-10-8-19(2)9-11-23)25(29)18-31-17-24-14-20(3)13-21(4)15-24/h8-11,13-15,22H,6-7,12,16-18H2,1-5H3,(H,27,30)/t22-/m0/s1. The van der Waals surface area contributed by atoms with Crippen LogP contribution in [0, 0.1) is 20.8 Å². The highest BCUT2D eigenvalue weighted by molar-refractivity contribution is 7.99. The molecule has 0 fully saturated rings. The summed E-state index contributed by atoms with van der Waals surface area (Å²) in [6.07, 6.45) is 1.96. The molecular formula is C26H36N2O2S. The quantitative estimate of drug-likeness (QED) is 0.490. The Morgan fingerprint density at radius 3 is 2.23 bits per heavy atom. The molecule has 0 bridgehead atoms. The summed E-state index contributed by atoms with van der Waals surface area (Å²) in [6, 6.07) is 14.1. The molecule has 0 unspecified atom stereocenters. The summed E-state index contributed by atoms with van der Waals surface area (Å²) >= 11 is 1.60. The van der Waals surface area contributed by atoms with E-state index in [0.717, 1.165) is 24.2 Å². The summed E-state index contributed by atoms with van der Waals surface area (Å²) in [5, 5.41) is 2.97. The number of nitrogens with zero attached hydrogens (tertiary/aromatic N) is 1. The predicted molar refractivity (Wildman–Crippen MR) is 131 cm³/mol. The summed E-state index contributed by atoms with van der Waals surface area (Å²) < 4.78 is 0. The minimum atomic E-state index is -0.507. The zero-order chi connectivity index (χ0) is 22.8. The van der Waals surface area contributed by atoms with Gasteiger partial charge in [-0.1, -0.05) is 72.5 Å². The zero-order valence-electron chi connectivity index (χ0n) is 19.5. The Morgan fingerprint density at radius 1 is 0.968 bits per heavy atom. The molecule has 0 saturated heterocycles. The maximum atomic E-state index is 13.1. The number of benzene rings is 2. The van der Waals surface area contributed by atoms with Gasteiger partial charge in [0.1, 0.15) is 6.04 Å². The fourth-order valence-corrected chi connectivity index (χ4v) is 4.35. The van der Waals surface area contributed by atoms with Crippen molar-refractivity contribution in [3.8, 4) is 0 Å². The lowest BCUT2D eigenvalue weighted by Crippen LogP contribution is -2.48. The van der Waals surface area contributed by atoms with Gasteiger partial charge in [-0.3, -0.25) is 9.59 Å². The predicted octanol–water partition coefficient (Wildman–Crippen LogP) is 5.18. The van der Waals surface area contributed by atoms with Gasteiger partial charge in [0.2, 0.25) is 11.8 Å². The average molecular weight is 441 g/mol. The molecule has 2 aromatic carbocycles. The number of carbonyl (C=O) groups is 2. The van der Waals surface area contributed by atoms with E-state index in [9.17, 15) is 9.59 Å². The summed E-state index contributed by atoms with van der Waals surface area (Å²) in [5.41, 5.74) is 5.91. The largest absolute Gasteiger partial charge is 0.354 e. The van der Waals surface area contributed by atoms with Crippen molar-refractivity contribution >= 4 is 23.6 Å². The number of rotatable bonds is 11. The highest BCUT2D eigenvalue weighted by atomic mass is 32.2. The number of unbranched alkanes of at least 4 members (excludes halogenated alkanes) is 1. The van der Waals surface area contributed by atoms with Crippen LogP contribution in [0.1, 0.15) is 54.5 Å². The van der Waals surface area contributed by atoms with Gasteiger partial charge in [0.25, 0.3) is 0 Å². The maximum absolute atomic E-state index is 13.1. The summed E-state index contributed by atoms with van der Waals surface area (Å²) in [7, 11) is 0. The number of aryl methyl sites for hydroxylation is 3. The van der Waals surface area contributed by atoms with Crippen LogP contribution < -0.4 is 5.32 Å². The minimum absolute atomic E-state index is 0.00640. The van der Waals surface area contributed by atoms with E-state index in [1.54, 1.807) is 16.7 Å². The number of thioether (sulfide) groups is 1. The fourth-order valence-electron chi connectivity index (χ4n) is 3.50. The number of amides is 2. The molecule has 1 N–H and O–H groups in total. The van der Waals surface area contributed by atoms with Crippen molar-refractivity contribution in [2.24, 2.45) is 0 Å². The topological polar surface area (TPSA) is 49.4 Å². The van der Waals surface area contributed by atoms with Gasteiger partial charge < -0.3 is 10.2 Å². The van der Waals surface area contributed by atoms with Crippen LogP contribution in [0.2, 0.25) is 0 Å². The van der Waals surface area contributed by atoms with Crippen molar-refractivity contribution in [3.63, 3.8) is 0 Å². The van der Waals surface area contributed by atoms with Gasteiger partial charge in [0.15, 0.2) is 0 Å². The van der Waals surface area contributed by atoms with E-state index in [1.165, 1.54) is 22.3 Å². The monoisotopic (exact) mass is 440 g/mol. The summed E-state index contributed by atoms with van der Waals surface area (Å²) in [5.74, 6) is 1.04. The normalized spacial score (nSPS) is 11.8. The van der Waals surface area contributed by atoms with E-state index in [4.69, 9.17) is 0 Å². The summed E-state index contributed by atoms with van der Waals surface area (Å²) in [6.45, 7) is 11.2. The van der Waals surface area contributed by atoms with Crippen molar-refractivity contribution in [2.45, 2.75) is 65.8 Å². The third-order valence-corrected chi connectivity index (χ3v) is 6.23. The fraction of sp³-hybridized carbons (Fsp3) is 0.462. The SMILES string of the molecule is CCCCNC(=O)[C@H](C)N(Cc1ccc(C)cc1)C(=O)CSCc1cc(C)cc(C)c1. The molecule has 31 heavy (non-hydrogen) atoms. The zero-order valence-corrected chi connectivity index (χ0v) is 20.3. The molecule has 2 aromatic rings. The third kappa shape index (κ3) is 8.41. The van der Waals surface area contributed by atoms with E-state index in [-0.39, 0.29) is 11.8 Å². The molecule has 168 valence electrons. The lowest BCUT2D eigenvalue weighted by molar-refractivity contribution is -0.138. The van der Waals surface area contributed by atoms with Crippen LogP contribution >= 0.6 is 11.8 Å². The van der Waals surface area contributed by atoms with Gasteiger partial charge in [-0.05, 0) is 45.2 Å². The Labute approximate surface area is 191 Å². The Morgan fingerprint density at radius 2 is 1.61 bits per heavy atom. The van der Waals surface area contributed by atoms with Crippen molar-refractivity contribution in [3.05, 3.63) is 70.3 Å². The van der Waals surface area contributed by atoms with Gasteiger partial charge in [-0.15, -0.1) is 11.8 Å². The first kappa shape index (κ1) is 25.0. The first-order valence-electron chi connectivity index (χ1n) is 11.1. The number of nitrogens with one attached hydrogen (secondary N) is 1. The molecule has 0 aliphatic carbocycles. The highest BCUT2D eigenvalue weighted by Gasteiger charge is 2.25. The lowest BCUT2D eigenvalue weighted by Gasteiger charge is -2.29. The van der Waals surface area contributed by atoms with Crippen LogP contribution in [0.5, 0.6) is 0 Å². The van der Waals surface area contributed by atoms with Crippen LogP contribution in [0.3, 0.4) is 0 Å². The van der Waals surface area contributed by atoms with E-state index in [2.05, 4.69) is 44.3 Å². The Kier molecular flexibility index (Phi) is 10.1. The molecule has 2 amide bonds. The molecule has 2 rings (SSSR count). The highest BCUT2D eigenvalue weighted by Crippen LogP contribution is 2.18. The lowest BCUT2D eigenvalue weighted by atomic mass is 10.1. The third-order valence-electron chi connectivity index (χ3n) is 5.25. The van der Waals surface area contributed by atoms with Crippen molar-refractivity contribution in [2.75, 3.05) is 12.3 Å². The van der Waals surface area contributed by atoms with Crippen molar-refractivity contribution in [1.82, 2.24) is 10.2 Å². The molecule has 4 nitrogen and oxygen atoms in total. The Hall–Kier alpha value is -2.27. The Balaban J connectivity index is 2.05. The summed E-state index contributed by atoms with van der Waals surface area (Å²) in [4.78, 5) is 27.5. The second-order valence-corrected chi connectivity index (χ2v) is 9.30. The van der Waals surface area contributed by atoms with Crippen molar-refractivity contribution in [1.29, 1.82) is 0 Å². The smallest absolute Gasteiger partial charge is 0.242 e. The maximum Gasteiger partial charge on any atom is 0.242 e. The second-order valence-electron chi connectivity index (χ2n) is 8.32. The molecule has 0 aliphatic heterocycles. The molecule has 0 spiro atoms. The molecule has 5 heteroatoms. The van der Waals surface area contributed by atoms with Gasteiger partial charge >= 0.3 is 0 Å². The first-order chi connectivity index (χ1) is 14.8. The van der Waals surface area contributed by atoms with Crippen LogP contribution in [0.25, 0.3) is 0 Å². The van der Waals surface area contributed by atoms with Crippen LogP contribution in [0.4, 0.5) is 0 Å². The first-order valence-corrected chi connectivity index (χ1v) is 12.2. The van der Waals surface area contributed by atoms with Crippen LogP contribution in [-0.2, 0) is 21.9 Å². The Bertz CT molecular complexity index is 844. The molecule has 1 atom stereocenters. The van der Waals surface area contributed by atoms with E-state index in [1.807, 2.05) is 38.1 Å². The molecule has 0 heterocycles. The average Bonchev–Trinajstić information content (AvgIpc) is 2.72. The number of hydrogen-bond acceptors (Lipinski definition) is 3. The van der Waals surface area contributed by atoms with Crippen molar-refractivity contribution < 1.29 is 9.59 Å². The minimum Gasteiger partial charge on any atom is -0.354 e. The van der Waals surface area contributed by atoms with E-state index in [0.29, 0.717) is 18.8 Å². The molecule has 0 saturated carbocycles. The number of hydrogen-bond donors (Lipinski definition) is 1. The van der Waals surface area contributed by atoms with Gasteiger partial charge in [0, 0.05) is 18.8 Å². The number of carbonyl (C=O) groups excluding carboxylic acids is 2. The van der Waals surface area contributed by atoms with Gasteiger partial charge in [-0.25, -0.2) is 0 Å². The van der Waals surface area contributed by atoms with E-state index >= 15 is 0 Å². The molecule has 0 aliphatic rings.